The van der Waals surface area contributed by atoms with Gasteiger partial charge in [-0.3, -0.25) is 4.79 Å². The van der Waals surface area contributed by atoms with Crippen LogP contribution in [0.25, 0.3) is 0 Å². The summed E-state index contributed by atoms with van der Waals surface area (Å²) in [6, 6.07) is 0. The number of hydrogen-bond donors (Lipinski definition) is 2. The van der Waals surface area contributed by atoms with Crippen LogP contribution in [0.15, 0.2) is 0 Å². The second kappa shape index (κ2) is 5.79. The van der Waals surface area contributed by atoms with Crippen LogP contribution in [-0.2, 0) is 25.3 Å². The first-order valence-electron chi connectivity index (χ1n) is 3.98. The maximum Gasteiger partial charge on any atom is 0.515 e. The molecule has 0 aromatic heterocycles. The van der Waals surface area contributed by atoms with Crippen LogP contribution < -0.4 is 5.73 Å². The van der Waals surface area contributed by atoms with Crippen LogP contribution in [0.2, 0.25) is 0 Å². The van der Waals surface area contributed by atoms with Crippen molar-refractivity contribution in [2.24, 2.45) is 5.73 Å². The smallest absolute Gasteiger partial charge is 0.437 e. The summed E-state index contributed by atoms with van der Waals surface area (Å²) in [6.45, 7) is 1.31. The topological polar surface area (TPSA) is 116 Å². The highest BCUT2D eigenvalue weighted by molar-refractivity contribution is 7.80. The Bertz CT molecular complexity index is 277. The lowest BCUT2D eigenvalue weighted by atomic mass is 10.2. The van der Waals surface area contributed by atoms with E-state index in [4.69, 9.17) is 10.3 Å². The van der Waals surface area contributed by atoms with Crippen molar-refractivity contribution in [3.8, 4) is 0 Å². The van der Waals surface area contributed by atoms with Crippen LogP contribution in [0.1, 0.15) is 19.8 Å². The molecule has 0 aromatic carbocycles. The molecular weight excluding hydrogens is 226 g/mol. The molecule has 0 rings (SSSR count). The third kappa shape index (κ3) is 5.45. The first-order chi connectivity index (χ1) is 6.79. The fraction of sp³-hybridized carbons (Fsp3) is 0.714. The van der Waals surface area contributed by atoms with Crippen LogP contribution in [0, 0.1) is 0 Å². The van der Waals surface area contributed by atoms with E-state index in [1.54, 1.807) is 0 Å². The van der Waals surface area contributed by atoms with Crippen molar-refractivity contribution in [3.63, 3.8) is 0 Å². The second-order valence-corrected chi connectivity index (χ2v) is 4.42. The molecule has 0 aromatic rings. The number of carbonyl (C=O) groups excluding carboxylic acids is 2. The predicted octanol–water partition coefficient (Wildman–Crippen LogP) is -0.0272. The molecule has 88 valence electrons. The van der Waals surface area contributed by atoms with E-state index in [-0.39, 0.29) is 12.8 Å². The van der Waals surface area contributed by atoms with Crippen molar-refractivity contribution in [2.45, 2.75) is 24.6 Å². The molecule has 0 fully saturated rings. The standard InChI is InChI=1S/C7H13NO6S/c1-7(8,15(11)12)4-3-5(9)14-6(10)13-2/h3-4,8H2,1-2H3,(H,11,12). The zero-order valence-corrected chi connectivity index (χ0v) is 9.20. The molecule has 3 N–H and O–H groups in total. The molecule has 0 saturated carbocycles. The number of nitrogens with two attached hydrogens (primary N) is 1. The Morgan fingerprint density at radius 2 is 2.07 bits per heavy atom. The summed E-state index contributed by atoms with van der Waals surface area (Å²) in [7, 11) is 1.06. The van der Waals surface area contributed by atoms with Crippen molar-refractivity contribution in [2.75, 3.05) is 7.11 Å². The lowest BCUT2D eigenvalue weighted by Crippen LogP contribution is -2.41. The van der Waals surface area contributed by atoms with Gasteiger partial charge in [-0.05, 0) is 13.3 Å². The van der Waals surface area contributed by atoms with Crippen molar-refractivity contribution >= 4 is 23.2 Å². The van der Waals surface area contributed by atoms with Crippen LogP contribution in [0.5, 0.6) is 0 Å². The Hall–Kier alpha value is -0.990. The van der Waals surface area contributed by atoms with E-state index >= 15 is 0 Å². The first kappa shape index (κ1) is 14.0. The van der Waals surface area contributed by atoms with Gasteiger partial charge in [0.05, 0.1) is 7.11 Å². The molecule has 0 aliphatic heterocycles. The largest absolute Gasteiger partial charge is 0.515 e. The highest BCUT2D eigenvalue weighted by Gasteiger charge is 2.27. The lowest BCUT2D eigenvalue weighted by Gasteiger charge is -2.18. The molecule has 0 radical (unpaired) electrons. The summed E-state index contributed by atoms with van der Waals surface area (Å²) in [5.41, 5.74) is 5.40. The van der Waals surface area contributed by atoms with Crippen molar-refractivity contribution in [1.82, 2.24) is 0 Å². The normalized spacial score (nSPS) is 16.3. The number of ether oxygens (including phenoxy) is 2. The van der Waals surface area contributed by atoms with E-state index in [2.05, 4.69) is 9.47 Å². The van der Waals surface area contributed by atoms with Gasteiger partial charge in [-0.2, -0.15) is 0 Å². The summed E-state index contributed by atoms with van der Waals surface area (Å²) in [6.07, 6.45) is -1.44. The molecule has 0 aliphatic rings. The monoisotopic (exact) mass is 239 g/mol. The van der Waals surface area contributed by atoms with E-state index in [9.17, 15) is 13.8 Å². The van der Waals surface area contributed by atoms with Gasteiger partial charge in [0.2, 0.25) is 0 Å². The second-order valence-electron chi connectivity index (χ2n) is 2.99. The minimum atomic E-state index is -2.25. The van der Waals surface area contributed by atoms with Gasteiger partial charge in [0.15, 0.2) is 11.1 Å². The summed E-state index contributed by atoms with van der Waals surface area (Å²) >= 11 is -2.25. The van der Waals surface area contributed by atoms with E-state index in [1.165, 1.54) is 6.92 Å². The predicted molar refractivity (Wildman–Crippen MR) is 51.1 cm³/mol. The highest BCUT2D eigenvalue weighted by Crippen LogP contribution is 2.12. The molecule has 0 bridgehead atoms. The molecule has 0 heterocycles. The van der Waals surface area contributed by atoms with Gasteiger partial charge in [0.1, 0.15) is 4.87 Å². The van der Waals surface area contributed by atoms with Crippen molar-refractivity contribution in [1.29, 1.82) is 0 Å². The lowest BCUT2D eigenvalue weighted by molar-refractivity contribution is -0.139. The van der Waals surface area contributed by atoms with Gasteiger partial charge >= 0.3 is 12.1 Å². The Labute approximate surface area is 89.2 Å². The maximum atomic E-state index is 10.9. The number of carbonyl (C=O) groups is 2. The van der Waals surface area contributed by atoms with E-state index in [0.717, 1.165) is 7.11 Å². The molecule has 2 unspecified atom stereocenters. The Kier molecular flexibility index (Phi) is 5.40. The SMILES string of the molecule is COC(=O)OC(=O)CCC(C)(N)S(=O)O. The molecular formula is C7H13NO6S. The van der Waals surface area contributed by atoms with Gasteiger partial charge in [0, 0.05) is 6.42 Å². The van der Waals surface area contributed by atoms with E-state index in [0.29, 0.717) is 0 Å². The Balaban J connectivity index is 4.01. The Morgan fingerprint density at radius 3 is 2.47 bits per heavy atom. The first-order valence-corrected chi connectivity index (χ1v) is 5.08. The molecule has 7 nitrogen and oxygen atoms in total. The van der Waals surface area contributed by atoms with Gasteiger partial charge in [-0.25, -0.2) is 9.00 Å². The van der Waals surface area contributed by atoms with Gasteiger partial charge in [-0.15, -0.1) is 0 Å². The fourth-order valence-electron chi connectivity index (χ4n) is 0.623. The van der Waals surface area contributed by atoms with E-state index in [1.807, 2.05) is 0 Å². The average molecular weight is 239 g/mol. The van der Waals surface area contributed by atoms with Crippen molar-refractivity contribution in [3.05, 3.63) is 0 Å². The average Bonchev–Trinajstić information content (AvgIpc) is 2.14. The van der Waals surface area contributed by atoms with Gasteiger partial charge in [-0.1, -0.05) is 0 Å². The third-order valence-corrected chi connectivity index (χ3v) is 2.59. The van der Waals surface area contributed by atoms with Crippen LogP contribution in [0.4, 0.5) is 4.79 Å². The molecule has 0 amide bonds. The van der Waals surface area contributed by atoms with Crippen molar-refractivity contribution < 1.29 is 27.8 Å². The number of methoxy groups -OCH3 is 1. The minimum absolute atomic E-state index is 0.0774. The maximum absolute atomic E-state index is 10.9. The highest BCUT2D eigenvalue weighted by atomic mass is 32.2. The Morgan fingerprint density at radius 1 is 1.53 bits per heavy atom. The summed E-state index contributed by atoms with van der Waals surface area (Å²) in [5, 5.41) is 0. The molecule has 0 saturated heterocycles. The molecule has 15 heavy (non-hydrogen) atoms. The zero-order chi connectivity index (χ0) is 12.1. The number of rotatable bonds is 4. The summed E-state index contributed by atoms with van der Waals surface area (Å²) in [5.74, 6) is -0.857. The van der Waals surface area contributed by atoms with Gasteiger partial charge in [0.25, 0.3) is 0 Å². The van der Waals surface area contributed by atoms with Crippen LogP contribution >= 0.6 is 0 Å². The van der Waals surface area contributed by atoms with Crippen LogP contribution in [0.3, 0.4) is 0 Å². The van der Waals surface area contributed by atoms with E-state index < -0.39 is 28.1 Å². The minimum Gasteiger partial charge on any atom is -0.437 e. The molecule has 0 aliphatic carbocycles. The number of hydrogen-bond acceptors (Lipinski definition) is 6. The molecule has 0 spiro atoms. The summed E-state index contributed by atoms with van der Waals surface area (Å²) < 4.78 is 27.6. The van der Waals surface area contributed by atoms with Crippen LogP contribution in [-0.4, -0.2) is 32.9 Å². The third-order valence-electron chi connectivity index (χ3n) is 1.59. The zero-order valence-electron chi connectivity index (χ0n) is 8.39. The quantitative estimate of drug-likeness (QED) is 0.402. The number of esters is 1. The molecule has 2 atom stereocenters. The summed E-state index contributed by atoms with van der Waals surface area (Å²) in [4.78, 5) is 20.0. The molecule has 8 heteroatoms. The van der Waals surface area contributed by atoms with Gasteiger partial charge < -0.3 is 19.8 Å². The fourth-order valence-corrected chi connectivity index (χ4v) is 0.900.